The van der Waals surface area contributed by atoms with Gasteiger partial charge in [-0.1, -0.05) is 30.3 Å². The van der Waals surface area contributed by atoms with Gasteiger partial charge in [0.25, 0.3) is 0 Å². The van der Waals surface area contributed by atoms with Crippen molar-refractivity contribution >= 4 is 18.0 Å². The zero-order valence-corrected chi connectivity index (χ0v) is 14.5. The van der Waals surface area contributed by atoms with Crippen molar-refractivity contribution in [3.63, 3.8) is 0 Å². The normalized spacial score (nSPS) is 11.5. The van der Waals surface area contributed by atoms with E-state index in [0.29, 0.717) is 0 Å². The molecule has 0 unspecified atom stereocenters. The number of benzene rings is 2. The summed E-state index contributed by atoms with van der Waals surface area (Å²) in [6, 6.07) is 13.8. The number of aliphatic imine (C=N–C) groups is 1. The van der Waals surface area contributed by atoms with E-state index in [1.165, 1.54) is 18.3 Å². The fourth-order valence-corrected chi connectivity index (χ4v) is 2.04. The number of carbonyl (C=O) groups excluding carboxylic acids is 1. The molecule has 2 rings (SSSR count). The molecule has 0 bridgehead atoms. The predicted molar refractivity (Wildman–Crippen MR) is 96.8 cm³/mol. The van der Waals surface area contributed by atoms with Gasteiger partial charge in [0.15, 0.2) is 0 Å². The summed E-state index contributed by atoms with van der Waals surface area (Å²) in [6.07, 6.45) is 1.23. The molecule has 0 fully saturated rings. The van der Waals surface area contributed by atoms with Gasteiger partial charge in [-0.25, -0.2) is 4.79 Å². The van der Waals surface area contributed by atoms with Gasteiger partial charge in [-0.15, -0.1) is 0 Å². The number of carbonyl (C=O) groups is 2. The maximum atomic E-state index is 12.2. The van der Waals surface area contributed by atoms with E-state index >= 15 is 0 Å². The van der Waals surface area contributed by atoms with Crippen LogP contribution in [0.1, 0.15) is 47.1 Å². The molecule has 0 saturated heterocycles. The number of hydrogen-bond donors (Lipinski definition) is 1. The molecule has 2 aromatic carbocycles. The minimum absolute atomic E-state index is 0.0501. The SMILES string of the molecule is CC(C)(C)N=CC(=O)c1ccc(OCc2ccccc2)c(C(=O)O)c1. The van der Waals surface area contributed by atoms with Crippen molar-refractivity contribution in [2.24, 2.45) is 4.99 Å². The lowest BCUT2D eigenvalue weighted by molar-refractivity contribution is 0.0691. The van der Waals surface area contributed by atoms with Crippen LogP contribution in [0.4, 0.5) is 0 Å². The fraction of sp³-hybridized carbons (Fsp3) is 0.250. The molecule has 0 aliphatic carbocycles. The molecule has 0 amide bonds. The van der Waals surface area contributed by atoms with Gasteiger partial charge in [-0.2, -0.15) is 0 Å². The molecule has 0 aliphatic rings. The summed E-state index contributed by atoms with van der Waals surface area (Å²) in [4.78, 5) is 27.8. The zero-order chi connectivity index (χ0) is 18.4. The molecule has 2 aromatic rings. The number of rotatable bonds is 6. The molecule has 0 aromatic heterocycles. The van der Waals surface area contributed by atoms with Crippen LogP contribution >= 0.6 is 0 Å². The minimum Gasteiger partial charge on any atom is -0.488 e. The molecule has 0 saturated carbocycles. The Bertz CT molecular complexity index is 789. The maximum absolute atomic E-state index is 12.2. The molecular weight excluding hydrogens is 318 g/mol. The van der Waals surface area contributed by atoms with Gasteiger partial charge in [-0.3, -0.25) is 9.79 Å². The van der Waals surface area contributed by atoms with Crippen molar-refractivity contribution in [3.8, 4) is 5.75 Å². The molecule has 25 heavy (non-hydrogen) atoms. The number of carboxylic acid groups (broad SMARTS) is 1. The van der Waals surface area contributed by atoms with E-state index in [-0.39, 0.29) is 34.8 Å². The summed E-state index contributed by atoms with van der Waals surface area (Å²) in [5, 5.41) is 9.40. The number of hydrogen-bond acceptors (Lipinski definition) is 4. The fourth-order valence-electron chi connectivity index (χ4n) is 2.04. The molecule has 130 valence electrons. The van der Waals surface area contributed by atoms with Crippen LogP contribution in [-0.2, 0) is 6.61 Å². The lowest BCUT2D eigenvalue weighted by Crippen LogP contribution is -2.13. The second kappa shape index (κ2) is 7.75. The minimum atomic E-state index is -1.15. The Labute approximate surface area is 147 Å². The number of aromatic carboxylic acids is 1. The third kappa shape index (κ3) is 5.57. The number of ether oxygens (including phenoxy) is 1. The molecule has 0 radical (unpaired) electrons. The van der Waals surface area contributed by atoms with E-state index in [4.69, 9.17) is 4.74 Å². The smallest absolute Gasteiger partial charge is 0.339 e. The maximum Gasteiger partial charge on any atom is 0.339 e. The highest BCUT2D eigenvalue weighted by atomic mass is 16.5. The quantitative estimate of drug-likeness (QED) is 0.637. The number of carboxylic acids is 1. The Morgan fingerprint density at radius 2 is 1.80 bits per heavy atom. The van der Waals surface area contributed by atoms with Crippen molar-refractivity contribution < 1.29 is 19.4 Å². The van der Waals surface area contributed by atoms with Gasteiger partial charge in [0.05, 0.1) is 11.8 Å². The van der Waals surface area contributed by atoms with Crippen LogP contribution in [0.3, 0.4) is 0 Å². The molecule has 0 heterocycles. The van der Waals surface area contributed by atoms with Crippen LogP contribution < -0.4 is 4.74 Å². The standard InChI is InChI=1S/C20H21NO4/c1-20(2,3)21-12-17(22)15-9-10-18(16(11-15)19(23)24)25-13-14-7-5-4-6-8-14/h4-12H,13H2,1-3H3,(H,23,24). The topological polar surface area (TPSA) is 76.0 Å². The second-order valence-electron chi connectivity index (χ2n) is 6.58. The lowest BCUT2D eigenvalue weighted by Gasteiger charge is -2.11. The van der Waals surface area contributed by atoms with Gasteiger partial charge in [-0.05, 0) is 44.5 Å². The van der Waals surface area contributed by atoms with Crippen molar-refractivity contribution in [3.05, 3.63) is 65.2 Å². The first kappa shape index (κ1) is 18.4. The summed E-state index contributed by atoms with van der Waals surface area (Å²) in [5.41, 5.74) is 0.768. The highest BCUT2D eigenvalue weighted by Gasteiger charge is 2.16. The molecule has 5 nitrogen and oxygen atoms in total. The first-order valence-electron chi connectivity index (χ1n) is 7.90. The summed E-state index contributed by atoms with van der Waals surface area (Å²) in [7, 11) is 0. The monoisotopic (exact) mass is 339 g/mol. The lowest BCUT2D eigenvalue weighted by atomic mass is 10.1. The predicted octanol–water partition coefficient (Wildman–Crippen LogP) is 4.02. The van der Waals surface area contributed by atoms with Crippen LogP contribution in [0, 0.1) is 0 Å². The number of Topliss-reactive ketones (excluding diaryl/α,β-unsaturated/α-hetero) is 1. The Hall–Kier alpha value is -2.95. The second-order valence-corrected chi connectivity index (χ2v) is 6.58. The van der Waals surface area contributed by atoms with Crippen LogP contribution in [0.15, 0.2) is 53.5 Å². The average molecular weight is 339 g/mol. The highest BCUT2D eigenvalue weighted by Crippen LogP contribution is 2.22. The average Bonchev–Trinajstić information content (AvgIpc) is 2.58. The van der Waals surface area contributed by atoms with Crippen LogP contribution in [0.2, 0.25) is 0 Å². The Morgan fingerprint density at radius 1 is 1.12 bits per heavy atom. The zero-order valence-electron chi connectivity index (χ0n) is 14.5. The van der Waals surface area contributed by atoms with Gasteiger partial charge >= 0.3 is 5.97 Å². The summed E-state index contributed by atoms with van der Waals surface area (Å²) in [6.45, 7) is 5.87. The van der Waals surface area contributed by atoms with Crippen LogP contribution in [0.25, 0.3) is 0 Å². The van der Waals surface area contributed by atoms with E-state index in [1.807, 2.05) is 51.1 Å². The summed E-state index contributed by atoms with van der Waals surface area (Å²) >= 11 is 0. The molecule has 1 N–H and O–H groups in total. The Balaban J connectivity index is 2.21. The first-order valence-corrected chi connectivity index (χ1v) is 7.90. The highest BCUT2D eigenvalue weighted by molar-refractivity contribution is 6.35. The molecular formula is C20H21NO4. The van der Waals surface area contributed by atoms with E-state index in [2.05, 4.69) is 4.99 Å². The third-order valence-corrected chi connectivity index (χ3v) is 3.30. The van der Waals surface area contributed by atoms with Crippen molar-refractivity contribution in [2.45, 2.75) is 32.9 Å². The van der Waals surface area contributed by atoms with Crippen LogP contribution in [0.5, 0.6) is 5.75 Å². The van der Waals surface area contributed by atoms with Crippen molar-refractivity contribution in [2.75, 3.05) is 0 Å². The molecule has 0 aliphatic heterocycles. The molecule has 0 atom stereocenters. The van der Waals surface area contributed by atoms with Crippen molar-refractivity contribution in [1.29, 1.82) is 0 Å². The van der Waals surface area contributed by atoms with E-state index in [0.717, 1.165) is 5.56 Å². The molecule has 0 spiro atoms. The first-order chi connectivity index (χ1) is 11.8. The van der Waals surface area contributed by atoms with Crippen LogP contribution in [-0.4, -0.2) is 28.6 Å². The molecule has 5 heteroatoms. The number of nitrogens with zero attached hydrogens (tertiary/aromatic N) is 1. The summed E-state index contributed by atoms with van der Waals surface area (Å²) in [5.74, 6) is -1.27. The van der Waals surface area contributed by atoms with Gasteiger partial charge in [0.1, 0.15) is 17.9 Å². The number of ketones is 1. The third-order valence-electron chi connectivity index (χ3n) is 3.30. The van der Waals surface area contributed by atoms with E-state index < -0.39 is 5.97 Å². The van der Waals surface area contributed by atoms with Crippen molar-refractivity contribution in [1.82, 2.24) is 0 Å². The summed E-state index contributed by atoms with van der Waals surface area (Å²) < 4.78 is 5.61. The van der Waals surface area contributed by atoms with Gasteiger partial charge < -0.3 is 9.84 Å². The van der Waals surface area contributed by atoms with E-state index in [9.17, 15) is 14.7 Å². The Kier molecular flexibility index (Phi) is 5.70. The Morgan fingerprint density at radius 3 is 2.40 bits per heavy atom. The van der Waals surface area contributed by atoms with Gasteiger partial charge in [0.2, 0.25) is 5.78 Å². The van der Waals surface area contributed by atoms with E-state index in [1.54, 1.807) is 6.07 Å². The van der Waals surface area contributed by atoms with Gasteiger partial charge in [0, 0.05) is 5.56 Å². The largest absolute Gasteiger partial charge is 0.488 e.